The average Bonchev–Trinajstić information content (AvgIpc) is 3.23. The van der Waals surface area contributed by atoms with E-state index in [1.54, 1.807) is 6.92 Å². The number of para-hydroxylation sites is 2. The van der Waals surface area contributed by atoms with Gasteiger partial charge in [0, 0.05) is 13.5 Å². The third-order valence-corrected chi connectivity index (χ3v) is 4.78. The molecule has 0 bridgehead atoms. The van der Waals surface area contributed by atoms with E-state index in [1.807, 2.05) is 60.5 Å². The van der Waals surface area contributed by atoms with Gasteiger partial charge < -0.3 is 18.8 Å². The lowest BCUT2D eigenvalue weighted by Gasteiger charge is -2.19. The largest absolute Gasteiger partial charge is 0.492 e. The number of carbonyl (C=O) groups is 2. The second kappa shape index (κ2) is 7.46. The number of cyclic esters (lactones) is 1. The zero-order valence-corrected chi connectivity index (χ0v) is 16.2. The molecule has 8 heteroatoms. The van der Waals surface area contributed by atoms with Crippen molar-refractivity contribution in [2.75, 3.05) is 25.1 Å². The Morgan fingerprint density at radius 3 is 2.59 bits per heavy atom. The van der Waals surface area contributed by atoms with Crippen molar-refractivity contribution in [2.24, 2.45) is 0 Å². The molecule has 1 fully saturated rings. The van der Waals surface area contributed by atoms with Gasteiger partial charge in [-0.05, 0) is 36.8 Å². The molecule has 1 saturated heterocycles. The van der Waals surface area contributed by atoms with E-state index >= 15 is 0 Å². The lowest BCUT2D eigenvalue weighted by Crippen LogP contribution is -2.38. The van der Waals surface area contributed by atoms with Crippen LogP contribution in [-0.2, 0) is 16.0 Å². The van der Waals surface area contributed by atoms with E-state index in [2.05, 4.69) is 10.3 Å². The zero-order valence-electron chi connectivity index (χ0n) is 16.2. The minimum absolute atomic E-state index is 0.297. The van der Waals surface area contributed by atoms with Crippen LogP contribution in [0.1, 0.15) is 12.5 Å². The van der Waals surface area contributed by atoms with Gasteiger partial charge in [0.05, 0.1) is 6.54 Å². The van der Waals surface area contributed by atoms with E-state index in [-0.39, 0.29) is 0 Å². The van der Waals surface area contributed by atoms with Crippen LogP contribution in [-0.4, -0.2) is 42.8 Å². The number of oxazole rings is 1. The van der Waals surface area contributed by atoms with Gasteiger partial charge in [-0.25, -0.2) is 4.79 Å². The first-order chi connectivity index (χ1) is 13.9. The van der Waals surface area contributed by atoms with Gasteiger partial charge in [0.15, 0.2) is 11.2 Å². The third kappa shape index (κ3) is 4.01. The number of amides is 2. The summed E-state index contributed by atoms with van der Waals surface area (Å²) in [6.07, 6.45) is -0.411. The van der Waals surface area contributed by atoms with Gasteiger partial charge in [0.25, 0.3) is 11.9 Å². The molecule has 1 N–H and O–H groups in total. The first-order valence-electron chi connectivity index (χ1n) is 9.26. The number of likely N-dealkylation sites (N-methyl/N-ethyl adjacent to an activating group) is 1. The second-order valence-corrected chi connectivity index (χ2v) is 7.13. The van der Waals surface area contributed by atoms with E-state index in [9.17, 15) is 9.59 Å². The number of alkyl carbamates (subject to hydrolysis) is 1. The lowest BCUT2D eigenvalue weighted by molar-refractivity contribution is -0.129. The SMILES string of the molecule is CN(CCOc1ccc(CC2(C)OC(=O)NC2=O)cc1)c1nc2ccccc2o1. The van der Waals surface area contributed by atoms with Crippen molar-refractivity contribution in [1.82, 2.24) is 10.3 Å². The summed E-state index contributed by atoms with van der Waals surface area (Å²) in [5, 5.41) is 2.16. The Kier molecular flexibility index (Phi) is 4.84. The average molecular weight is 395 g/mol. The van der Waals surface area contributed by atoms with Gasteiger partial charge in [-0.1, -0.05) is 24.3 Å². The number of ether oxygens (including phenoxy) is 2. The minimum atomic E-state index is -1.18. The number of carbonyl (C=O) groups excluding carboxylic acids is 2. The van der Waals surface area contributed by atoms with E-state index in [0.29, 0.717) is 31.3 Å². The fourth-order valence-electron chi connectivity index (χ4n) is 3.13. The monoisotopic (exact) mass is 395 g/mol. The fraction of sp³-hybridized carbons (Fsp3) is 0.286. The highest BCUT2D eigenvalue weighted by Crippen LogP contribution is 2.24. The summed E-state index contributed by atoms with van der Waals surface area (Å²) in [4.78, 5) is 29.5. The second-order valence-electron chi connectivity index (χ2n) is 7.13. The zero-order chi connectivity index (χ0) is 20.4. The fourth-order valence-corrected chi connectivity index (χ4v) is 3.13. The summed E-state index contributed by atoms with van der Waals surface area (Å²) in [5.74, 6) is 0.280. The Labute approximate surface area is 167 Å². The maximum atomic E-state index is 11.9. The third-order valence-electron chi connectivity index (χ3n) is 4.78. The quantitative estimate of drug-likeness (QED) is 0.657. The molecular weight excluding hydrogens is 374 g/mol. The molecule has 2 heterocycles. The van der Waals surface area contributed by atoms with Crippen LogP contribution in [0.15, 0.2) is 52.9 Å². The molecule has 1 aromatic heterocycles. The van der Waals surface area contributed by atoms with Gasteiger partial charge in [-0.3, -0.25) is 10.1 Å². The molecule has 1 aliphatic rings. The molecule has 0 spiro atoms. The molecule has 1 atom stereocenters. The summed E-state index contributed by atoms with van der Waals surface area (Å²) in [6, 6.07) is 15.5. The number of imide groups is 1. The Morgan fingerprint density at radius 2 is 1.90 bits per heavy atom. The van der Waals surface area contributed by atoms with Crippen LogP contribution in [0, 0.1) is 0 Å². The molecule has 2 amide bonds. The molecule has 29 heavy (non-hydrogen) atoms. The van der Waals surface area contributed by atoms with Crippen molar-refractivity contribution in [2.45, 2.75) is 18.9 Å². The molecule has 150 valence electrons. The van der Waals surface area contributed by atoms with Crippen LogP contribution in [0.4, 0.5) is 10.8 Å². The summed E-state index contributed by atoms with van der Waals surface area (Å²) in [7, 11) is 1.89. The normalized spacial score (nSPS) is 18.6. The number of hydrogen-bond acceptors (Lipinski definition) is 7. The van der Waals surface area contributed by atoms with E-state index in [1.165, 1.54) is 0 Å². The number of nitrogens with one attached hydrogen (secondary N) is 1. The molecule has 0 aliphatic carbocycles. The summed E-state index contributed by atoms with van der Waals surface area (Å²) in [5.41, 5.74) is 1.26. The van der Waals surface area contributed by atoms with Crippen molar-refractivity contribution in [3.05, 3.63) is 54.1 Å². The standard InChI is InChI=1S/C21H21N3O5/c1-21(18(25)23-20(26)29-21)13-14-7-9-15(10-8-14)27-12-11-24(2)19-22-16-5-3-4-6-17(16)28-19/h3-10H,11-13H2,1-2H3,(H,23,25,26). The smallest absolute Gasteiger partial charge is 0.415 e. The summed E-state index contributed by atoms with van der Waals surface area (Å²) in [6.45, 7) is 2.65. The van der Waals surface area contributed by atoms with Crippen molar-refractivity contribution in [3.8, 4) is 5.75 Å². The van der Waals surface area contributed by atoms with E-state index in [4.69, 9.17) is 13.9 Å². The predicted octanol–water partition coefficient (Wildman–Crippen LogP) is 2.91. The predicted molar refractivity (Wildman–Crippen MR) is 106 cm³/mol. The van der Waals surface area contributed by atoms with Gasteiger partial charge in [0.2, 0.25) is 0 Å². The van der Waals surface area contributed by atoms with Crippen molar-refractivity contribution in [3.63, 3.8) is 0 Å². The maximum Gasteiger partial charge on any atom is 0.415 e. The number of nitrogens with zero attached hydrogens (tertiary/aromatic N) is 2. The minimum Gasteiger partial charge on any atom is -0.492 e. The van der Waals surface area contributed by atoms with Gasteiger partial charge in [-0.2, -0.15) is 4.98 Å². The highest BCUT2D eigenvalue weighted by atomic mass is 16.6. The Bertz CT molecular complexity index is 1010. The molecule has 2 aromatic carbocycles. The topological polar surface area (TPSA) is 93.9 Å². The highest BCUT2D eigenvalue weighted by Gasteiger charge is 2.44. The molecule has 1 unspecified atom stereocenters. The van der Waals surface area contributed by atoms with E-state index in [0.717, 1.165) is 16.7 Å². The maximum absolute atomic E-state index is 11.9. The lowest BCUT2D eigenvalue weighted by atomic mass is 9.96. The molecular formula is C21H21N3O5. The number of benzene rings is 2. The van der Waals surface area contributed by atoms with Crippen molar-refractivity contribution < 1.29 is 23.5 Å². The first kappa shape index (κ1) is 18.8. The molecule has 8 nitrogen and oxygen atoms in total. The Balaban J connectivity index is 1.30. The first-order valence-corrected chi connectivity index (χ1v) is 9.26. The molecule has 4 rings (SSSR count). The number of rotatable bonds is 7. The van der Waals surface area contributed by atoms with Gasteiger partial charge in [-0.15, -0.1) is 0 Å². The number of aromatic nitrogens is 1. The molecule has 3 aromatic rings. The molecule has 0 radical (unpaired) electrons. The van der Waals surface area contributed by atoms with E-state index < -0.39 is 17.6 Å². The van der Waals surface area contributed by atoms with Gasteiger partial charge >= 0.3 is 6.09 Å². The van der Waals surface area contributed by atoms with Crippen LogP contribution in [0.3, 0.4) is 0 Å². The Hall–Kier alpha value is -3.55. The van der Waals surface area contributed by atoms with Crippen LogP contribution in [0.2, 0.25) is 0 Å². The molecule has 0 saturated carbocycles. The summed E-state index contributed by atoms with van der Waals surface area (Å²) < 4.78 is 16.6. The van der Waals surface area contributed by atoms with Crippen LogP contribution in [0.25, 0.3) is 11.1 Å². The van der Waals surface area contributed by atoms with Crippen molar-refractivity contribution >= 4 is 29.1 Å². The number of fused-ring (bicyclic) bond motifs is 1. The molecule has 1 aliphatic heterocycles. The van der Waals surface area contributed by atoms with Crippen LogP contribution >= 0.6 is 0 Å². The highest BCUT2D eigenvalue weighted by molar-refractivity contribution is 6.02. The van der Waals surface area contributed by atoms with Gasteiger partial charge in [0.1, 0.15) is 17.9 Å². The summed E-state index contributed by atoms with van der Waals surface area (Å²) >= 11 is 0. The van der Waals surface area contributed by atoms with Crippen LogP contribution in [0.5, 0.6) is 5.75 Å². The number of hydrogen-bond donors (Lipinski definition) is 1. The number of anilines is 1. The Morgan fingerprint density at radius 1 is 1.14 bits per heavy atom. The van der Waals surface area contributed by atoms with Crippen LogP contribution < -0.4 is 15.0 Å². The van der Waals surface area contributed by atoms with Crippen molar-refractivity contribution in [1.29, 1.82) is 0 Å².